The summed E-state index contributed by atoms with van der Waals surface area (Å²) in [6.07, 6.45) is 0.0156. The van der Waals surface area contributed by atoms with E-state index in [4.69, 9.17) is 4.74 Å². The van der Waals surface area contributed by atoms with E-state index in [1.54, 1.807) is 7.11 Å². The molecule has 0 saturated carbocycles. The van der Waals surface area contributed by atoms with Gasteiger partial charge in [0, 0.05) is 7.11 Å². The number of rotatable bonds is 2. The second-order valence-corrected chi connectivity index (χ2v) is 3.47. The van der Waals surface area contributed by atoms with Crippen molar-refractivity contribution in [3.8, 4) is 0 Å². The molecule has 0 aliphatic heterocycles. The SMILES string of the molecule is COC(C)c1nc2c(C)cccc2[nH]1. The molecule has 3 heteroatoms. The summed E-state index contributed by atoms with van der Waals surface area (Å²) in [7, 11) is 1.69. The third kappa shape index (κ3) is 1.40. The molecule has 0 spiro atoms. The topological polar surface area (TPSA) is 37.9 Å². The Morgan fingerprint density at radius 1 is 1.43 bits per heavy atom. The minimum Gasteiger partial charge on any atom is -0.374 e. The van der Waals surface area contributed by atoms with Gasteiger partial charge >= 0.3 is 0 Å². The molecule has 0 fully saturated rings. The van der Waals surface area contributed by atoms with Gasteiger partial charge in [-0.15, -0.1) is 0 Å². The normalized spacial score (nSPS) is 13.4. The number of imidazole rings is 1. The van der Waals surface area contributed by atoms with Crippen LogP contribution in [0, 0.1) is 6.92 Å². The Morgan fingerprint density at radius 2 is 2.21 bits per heavy atom. The van der Waals surface area contributed by atoms with Gasteiger partial charge in [-0.25, -0.2) is 4.98 Å². The zero-order valence-corrected chi connectivity index (χ0v) is 8.66. The van der Waals surface area contributed by atoms with Crippen LogP contribution in [-0.2, 0) is 4.74 Å². The summed E-state index contributed by atoms with van der Waals surface area (Å²) in [4.78, 5) is 7.75. The fourth-order valence-corrected chi connectivity index (χ4v) is 1.50. The van der Waals surface area contributed by atoms with Crippen molar-refractivity contribution in [2.75, 3.05) is 7.11 Å². The number of benzene rings is 1. The van der Waals surface area contributed by atoms with Gasteiger partial charge < -0.3 is 9.72 Å². The molecule has 1 heterocycles. The van der Waals surface area contributed by atoms with Crippen LogP contribution in [-0.4, -0.2) is 17.1 Å². The van der Waals surface area contributed by atoms with Gasteiger partial charge in [0.2, 0.25) is 0 Å². The number of ether oxygens (including phenoxy) is 1. The molecule has 0 amide bonds. The van der Waals surface area contributed by atoms with Crippen molar-refractivity contribution in [2.45, 2.75) is 20.0 Å². The number of aromatic amines is 1. The highest BCUT2D eigenvalue weighted by molar-refractivity contribution is 5.78. The van der Waals surface area contributed by atoms with Crippen molar-refractivity contribution >= 4 is 11.0 Å². The van der Waals surface area contributed by atoms with E-state index < -0.39 is 0 Å². The number of nitrogens with zero attached hydrogens (tertiary/aromatic N) is 1. The number of nitrogens with one attached hydrogen (secondary N) is 1. The first-order chi connectivity index (χ1) is 6.72. The predicted molar refractivity (Wildman–Crippen MR) is 56.3 cm³/mol. The summed E-state index contributed by atoms with van der Waals surface area (Å²) in [6, 6.07) is 6.11. The van der Waals surface area contributed by atoms with Crippen LogP contribution in [0.5, 0.6) is 0 Å². The van der Waals surface area contributed by atoms with Crippen LogP contribution in [0.3, 0.4) is 0 Å². The lowest BCUT2D eigenvalue weighted by atomic mass is 10.2. The summed E-state index contributed by atoms with van der Waals surface area (Å²) < 4.78 is 5.21. The molecule has 2 rings (SSSR count). The second kappa shape index (κ2) is 3.42. The predicted octanol–water partition coefficient (Wildman–Crippen LogP) is 2.58. The van der Waals surface area contributed by atoms with Crippen LogP contribution in [0.4, 0.5) is 0 Å². The molecule has 1 atom stereocenters. The van der Waals surface area contributed by atoms with E-state index in [-0.39, 0.29) is 6.10 Å². The molecule has 1 N–H and O–H groups in total. The lowest BCUT2D eigenvalue weighted by molar-refractivity contribution is 0.113. The van der Waals surface area contributed by atoms with Crippen molar-refractivity contribution in [3.63, 3.8) is 0 Å². The molecule has 0 aliphatic carbocycles. The maximum absolute atomic E-state index is 5.21. The van der Waals surface area contributed by atoms with E-state index in [1.165, 1.54) is 5.56 Å². The minimum atomic E-state index is 0.0156. The molecule has 0 saturated heterocycles. The van der Waals surface area contributed by atoms with Gasteiger partial charge in [0.25, 0.3) is 0 Å². The molecule has 1 unspecified atom stereocenters. The number of methoxy groups -OCH3 is 1. The number of hydrogen-bond donors (Lipinski definition) is 1. The van der Waals surface area contributed by atoms with Crippen LogP contribution in [0.2, 0.25) is 0 Å². The quantitative estimate of drug-likeness (QED) is 0.790. The summed E-state index contributed by atoms with van der Waals surface area (Å²) in [6.45, 7) is 4.04. The Hall–Kier alpha value is -1.35. The third-order valence-electron chi connectivity index (χ3n) is 2.47. The summed E-state index contributed by atoms with van der Waals surface area (Å²) in [5.74, 6) is 0.886. The molecule has 0 bridgehead atoms. The largest absolute Gasteiger partial charge is 0.374 e. The number of aryl methyl sites for hydroxylation is 1. The molecular weight excluding hydrogens is 176 g/mol. The Balaban J connectivity index is 2.56. The van der Waals surface area contributed by atoms with Gasteiger partial charge in [-0.2, -0.15) is 0 Å². The fourth-order valence-electron chi connectivity index (χ4n) is 1.50. The molecule has 0 aliphatic rings. The molecule has 2 aromatic rings. The van der Waals surface area contributed by atoms with Gasteiger partial charge in [-0.3, -0.25) is 0 Å². The van der Waals surface area contributed by atoms with E-state index >= 15 is 0 Å². The van der Waals surface area contributed by atoms with Crippen LogP contribution in [0.25, 0.3) is 11.0 Å². The highest BCUT2D eigenvalue weighted by Gasteiger charge is 2.10. The summed E-state index contributed by atoms with van der Waals surface area (Å²) >= 11 is 0. The van der Waals surface area contributed by atoms with Crippen LogP contribution < -0.4 is 0 Å². The molecule has 74 valence electrons. The zero-order valence-electron chi connectivity index (χ0n) is 8.66. The number of H-pyrrole nitrogens is 1. The van der Waals surface area contributed by atoms with Gasteiger partial charge in [0.1, 0.15) is 11.9 Å². The Bertz CT molecular complexity index is 447. The first kappa shape index (κ1) is 9.21. The Labute approximate surface area is 83.1 Å². The van der Waals surface area contributed by atoms with Crippen molar-refractivity contribution in [3.05, 3.63) is 29.6 Å². The van der Waals surface area contributed by atoms with E-state index in [2.05, 4.69) is 23.0 Å². The smallest absolute Gasteiger partial charge is 0.136 e. The maximum atomic E-state index is 5.21. The van der Waals surface area contributed by atoms with Gasteiger partial charge in [0.15, 0.2) is 0 Å². The fraction of sp³-hybridized carbons (Fsp3) is 0.364. The zero-order chi connectivity index (χ0) is 10.1. The first-order valence-corrected chi connectivity index (χ1v) is 4.70. The van der Waals surface area contributed by atoms with Crippen LogP contribution in [0.1, 0.15) is 24.4 Å². The van der Waals surface area contributed by atoms with Crippen molar-refractivity contribution in [2.24, 2.45) is 0 Å². The minimum absolute atomic E-state index is 0.0156. The van der Waals surface area contributed by atoms with Crippen molar-refractivity contribution < 1.29 is 4.74 Å². The van der Waals surface area contributed by atoms with Crippen molar-refractivity contribution in [1.29, 1.82) is 0 Å². The molecular formula is C11H14N2O. The maximum Gasteiger partial charge on any atom is 0.136 e. The molecule has 1 aromatic heterocycles. The van der Waals surface area contributed by atoms with E-state index in [1.807, 2.05) is 19.1 Å². The van der Waals surface area contributed by atoms with E-state index in [0.29, 0.717) is 0 Å². The highest BCUT2D eigenvalue weighted by Crippen LogP contribution is 2.19. The number of fused-ring (bicyclic) bond motifs is 1. The number of hydrogen-bond acceptors (Lipinski definition) is 2. The number of para-hydroxylation sites is 1. The standard InChI is InChI=1S/C11H14N2O/c1-7-5-4-6-9-10(7)13-11(12-9)8(2)14-3/h4-6,8H,1-3H3,(H,12,13). The molecule has 1 aromatic carbocycles. The first-order valence-electron chi connectivity index (χ1n) is 4.70. The van der Waals surface area contributed by atoms with Gasteiger partial charge in [0.05, 0.1) is 11.0 Å². The lowest BCUT2D eigenvalue weighted by Gasteiger charge is -2.03. The second-order valence-electron chi connectivity index (χ2n) is 3.47. The Kier molecular flexibility index (Phi) is 2.25. The molecule has 0 radical (unpaired) electrons. The highest BCUT2D eigenvalue weighted by atomic mass is 16.5. The van der Waals surface area contributed by atoms with Crippen LogP contribution >= 0.6 is 0 Å². The third-order valence-corrected chi connectivity index (χ3v) is 2.47. The molecule has 14 heavy (non-hydrogen) atoms. The summed E-state index contributed by atoms with van der Waals surface area (Å²) in [5.41, 5.74) is 3.30. The van der Waals surface area contributed by atoms with E-state index in [0.717, 1.165) is 16.9 Å². The van der Waals surface area contributed by atoms with Crippen LogP contribution in [0.15, 0.2) is 18.2 Å². The van der Waals surface area contributed by atoms with Gasteiger partial charge in [-0.05, 0) is 25.5 Å². The molecule has 3 nitrogen and oxygen atoms in total. The van der Waals surface area contributed by atoms with E-state index in [9.17, 15) is 0 Å². The average molecular weight is 190 g/mol. The Morgan fingerprint density at radius 3 is 2.86 bits per heavy atom. The van der Waals surface area contributed by atoms with Gasteiger partial charge in [-0.1, -0.05) is 12.1 Å². The monoisotopic (exact) mass is 190 g/mol. The van der Waals surface area contributed by atoms with Crippen molar-refractivity contribution in [1.82, 2.24) is 9.97 Å². The average Bonchev–Trinajstić information content (AvgIpc) is 2.62. The number of aromatic nitrogens is 2. The summed E-state index contributed by atoms with van der Waals surface area (Å²) in [5, 5.41) is 0. The lowest BCUT2D eigenvalue weighted by Crippen LogP contribution is -1.97.